The fourth-order valence-electron chi connectivity index (χ4n) is 1.88. The third kappa shape index (κ3) is 2.76. The molecule has 21 heavy (non-hydrogen) atoms. The highest BCUT2D eigenvalue weighted by molar-refractivity contribution is 6.13. The van der Waals surface area contributed by atoms with Crippen molar-refractivity contribution in [3.05, 3.63) is 42.2 Å². The summed E-state index contributed by atoms with van der Waals surface area (Å²) in [5.41, 5.74) is -1.78. The highest BCUT2D eigenvalue weighted by Crippen LogP contribution is 2.47. The van der Waals surface area contributed by atoms with Crippen LogP contribution >= 0.6 is 0 Å². The molecule has 0 unspecified atom stereocenters. The average Bonchev–Trinajstić information content (AvgIpc) is 3.27. The second kappa shape index (κ2) is 5.59. The molecule has 0 atom stereocenters. The van der Waals surface area contributed by atoms with Crippen LogP contribution in [0.5, 0.6) is 0 Å². The Morgan fingerprint density at radius 3 is 2.43 bits per heavy atom. The minimum Gasteiger partial charge on any atom is -0.352 e. The van der Waals surface area contributed by atoms with Crippen LogP contribution in [0, 0.1) is 22.9 Å². The van der Waals surface area contributed by atoms with E-state index in [4.69, 9.17) is 0 Å². The number of hydrogen-bond donors (Lipinski definition) is 2. The molecule has 1 aliphatic carbocycles. The van der Waals surface area contributed by atoms with Gasteiger partial charge in [-0.15, -0.1) is 6.58 Å². The number of hydrogen-bond acceptors (Lipinski definition) is 2. The number of carbonyl (C=O) groups excluding carboxylic acids is 2. The molecule has 0 bridgehead atoms. The van der Waals surface area contributed by atoms with Gasteiger partial charge in [-0.05, 0) is 25.0 Å². The molecule has 1 aliphatic rings. The second-order valence-electron chi connectivity index (χ2n) is 4.76. The van der Waals surface area contributed by atoms with Crippen LogP contribution < -0.4 is 10.6 Å². The number of anilines is 1. The fourth-order valence-corrected chi connectivity index (χ4v) is 1.88. The van der Waals surface area contributed by atoms with Crippen LogP contribution in [0.25, 0.3) is 0 Å². The molecule has 0 radical (unpaired) electrons. The zero-order chi connectivity index (χ0) is 15.6. The molecule has 112 valence electrons. The highest BCUT2D eigenvalue weighted by Gasteiger charge is 2.56. The maximum absolute atomic E-state index is 13.5. The number of nitrogens with one attached hydrogen (secondary N) is 2. The summed E-state index contributed by atoms with van der Waals surface area (Å²) in [6.07, 6.45) is 2.08. The summed E-state index contributed by atoms with van der Waals surface area (Å²) in [4.78, 5) is 23.9. The molecule has 0 saturated heterocycles. The summed E-state index contributed by atoms with van der Waals surface area (Å²) in [6, 6.07) is 1.61. The maximum atomic E-state index is 13.5. The van der Waals surface area contributed by atoms with Gasteiger partial charge < -0.3 is 10.6 Å². The smallest absolute Gasteiger partial charge is 0.240 e. The average molecular weight is 298 g/mol. The van der Waals surface area contributed by atoms with Crippen molar-refractivity contribution in [1.29, 1.82) is 0 Å². The van der Waals surface area contributed by atoms with Gasteiger partial charge in [0.1, 0.15) is 5.41 Å². The van der Waals surface area contributed by atoms with Gasteiger partial charge >= 0.3 is 0 Å². The molecule has 2 amide bonds. The van der Waals surface area contributed by atoms with E-state index in [-0.39, 0.29) is 6.54 Å². The van der Waals surface area contributed by atoms with Crippen LogP contribution in [-0.4, -0.2) is 18.4 Å². The van der Waals surface area contributed by atoms with Crippen molar-refractivity contribution in [2.45, 2.75) is 12.8 Å². The molecule has 0 aromatic heterocycles. The molecule has 2 rings (SSSR count). The Morgan fingerprint density at radius 2 is 1.86 bits per heavy atom. The summed E-state index contributed by atoms with van der Waals surface area (Å²) in [5.74, 6) is -5.76. The molecular weight excluding hydrogens is 285 g/mol. The van der Waals surface area contributed by atoms with Gasteiger partial charge in [-0.2, -0.15) is 0 Å². The standard InChI is InChI=1S/C14H13F3N2O2/c1-2-7-18-12(20)14(5-6-14)13(21)19-9-4-3-8(15)10(16)11(9)17/h2-4H,1,5-7H2,(H,18,20)(H,19,21). The molecule has 7 heteroatoms. The van der Waals surface area contributed by atoms with Crippen molar-refractivity contribution >= 4 is 17.5 Å². The molecule has 4 nitrogen and oxygen atoms in total. The molecule has 0 spiro atoms. The zero-order valence-electron chi connectivity index (χ0n) is 11.0. The Kier molecular flexibility index (Phi) is 4.02. The lowest BCUT2D eigenvalue weighted by Crippen LogP contribution is -2.40. The van der Waals surface area contributed by atoms with Crippen LogP contribution in [-0.2, 0) is 9.59 Å². The Labute approximate surface area is 119 Å². The highest BCUT2D eigenvalue weighted by atomic mass is 19.2. The largest absolute Gasteiger partial charge is 0.352 e. The van der Waals surface area contributed by atoms with Gasteiger partial charge in [0.2, 0.25) is 11.8 Å². The monoisotopic (exact) mass is 298 g/mol. The van der Waals surface area contributed by atoms with Gasteiger partial charge in [0, 0.05) is 6.54 Å². The van der Waals surface area contributed by atoms with Crippen molar-refractivity contribution in [3.8, 4) is 0 Å². The molecule has 1 aromatic rings. The first kappa shape index (κ1) is 15.1. The van der Waals surface area contributed by atoms with E-state index >= 15 is 0 Å². The topological polar surface area (TPSA) is 58.2 Å². The Hall–Kier alpha value is -2.31. The molecule has 2 N–H and O–H groups in total. The van der Waals surface area contributed by atoms with Crippen LogP contribution in [0.3, 0.4) is 0 Å². The normalized spacial score (nSPS) is 15.2. The Balaban J connectivity index is 2.13. The minimum atomic E-state index is -1.67. The number of rotatable bonds is 5. The molecule has 1 fully saturated rings. The van der Waals surface area contributed by atoms with E-state index in [0.29, 0.717) is 18.9 Å². The van der Waals surface area contributed by atoms with Crippen molar-refractivity contribution in [3.63, 3.8) is 0 Å². The fraction of sp³-hybridized carbons (Fsp3) is 0.286. The summed E-state index contributed by atoms with van der Waals surface area (Å²) >= 11 is 0. The van der Waals surface area contributed by atoms with Crippen molar-refractivity contribution < 1.29 is 22.8 Å². The summed E-state index contributed by atoms with van der Waals surface area (Å²) in [5, 5.41) is 4.62. The number of carbonyl (C=O) groups is 2. The predicted octanol–water partition coefficient (Wildman–Crippen LogP) is 2.12. The SMILES string of the molecule is C=CCNC(=O)C1(C(=O)Nc2ccc(F)c(F)c2F)CC1. The maximum Gasteiger partial charge on any atom is 0.240 e. The molecule has 1 saturated carbocycles. The molecule has 1 aromatic carbocycles. The molecule has 0 heterocycles. The van der Waals surface area contributed by atoms with E-state index in [9.17, 15) is 22.8 Å². The lowest BCUT2D eigenvalue weighted by molar-refractivity contribution is -0.134. The molecule has 0 aliphatic heterocycles. The van der Waals surface area contributed by atoms with Crippen molar-refractivity contribution in [1.82, 2.24) is 5.32 Å². The van der Waals surface area contributed by atoms with E-state index in [0.717, 1.165) is 6.07 Å². The first-order valence-electron chi connectivity index (χ1n) is 6.26. The van der Waals surface area contributed by atoms with E-state index < -0.39 is 40.4 Å². The van der Waals surface area contributed by atoms with Crippen molar-refractivity contribution in [2.75, 3.05) is 11.9 Å². The van der Waals surface area contributed by atoms with E-state index in [1.165, 1.54) is 6.08 Å². The lowest BCUT2D eigenvalue weighted by atomic mass is 10.0. The van der Waals surface area contributed by atoms with Gasteiger partial charge in [-0.3, -0.25) is 9.59 Å². The Bertz CT molecular complexity index is 612. The summed E-state index contributed by atoms with van der Waals surface area (Å²) in [6.45, 7) is 3.64. The number of halogens is 3. The number of benzene rings is 1. The third-order valence-electron chi connectivity index (χ3n) is 3.31. The van der Waals surface area contributed by atoms with Crippen LogP contribution in [0.1, 0.15) is 12.8 Å². The van der Waals surface area contributed by atoms with E-state index in [1.54, 1.807) is 0 Å². The minimum absolute atomic E-state index is 0.202. The summed E-state index contributed by atoms with van der Waals surface area (Å²) in [7, 11) is 0. The third-order valence-corrected chi connectivity index (χ3v) is 3.31. The zero-order valence-corrected chi connectivity index (χ0v) is 11.0. The quantitative estimate of drug-likeness (QED) is 0.497. The number of amides is 2. The van der Waals surface area contributed by atoms with Gasteiger partial charge in [-0.25, -0.2) is 13.2 Å². The lowest BCUT2D eigenvalue weighted by Gasteiger charge is -2.15. The Morgan fingerprint density at radius 1 is 1.19 bits per heavy atom. The van der Waals surface area contributed by atoms with Gasteiger partial charge in [-0.1, -0.05) is 6.08 Å². The summed E-state index contributed by atoms with van der Waals surface area (Å²) < 4.78 is 39.4. The van der Waals surface area contributed by atoms with Crippen molar-refractivity contribution in [2.24, 2.45) is 5.41 Å². The first-order chi connectivity index (χ1) is 9.92. The second-order valence-corrected chi connectivity index (χ2v) is 4.76. The molecular formula is C14H13F3N2O2. The van der Waals surface area contributed by atoms with Crippen LogP contribution in [0.15, 0.2) is 24.8 Å². The first-order valence-corrected chi connectivity index (χ1v) is 6.26. The van der Waals surface area contributed by atoms with Crippen LogP contribution in [0.4, 0.5) is 18.9 Å². The van der Waals surface area contributed by atoms with Crippen LogP contribution in [0.2, 0.25) is 0 Å². The van der Waals surface area contributed by atoms with E-state index in [1.807, 2.05) is 0 Å². The van der Waals surface area contributed by atoms with Gasteiger partial charge in [0.15, 0.2) is 17.5 Å². The van der Waals surface area contributed by atoms with Gasteiger partial charge in [0.25, 0.3) is 0 Å². The predicted molar refractivity (Wildman–Crippen MR) is 69.8 cm³/mol. The van der Waals surface area contributed by atoms with E-state index in [2.05, 4.69) is 17.2 Å². The van der Waals surface area contributed by atoms with Gasteiger partial charge in [0.05, 0.1) is 5.69 Å².